The molecule has 0 aromatic heterocycles. The van der Waals surface area contributed by atoms with Gasteiger partial charge in [-0.1, -0.05) is 0 Å². The Morgan fingerprint density at radius 1 is 1.52 bits per heavy atom. The fraction of sp³-hybridized carbons (Fsp3) is 0.417. The Hall–Kier alpha value is -2.32. The number of benzene rings is 1. The number of halogens is 3. The van der Waals surface area contributed by atoms with Crippen LogP contribution in [0, 0.1) is 27.7 Å². The van der Waals surface area contributed by atoms with Crippen LogP contribution in [-0.2, 0) is 10.3 Å². The SMILES string of the molecule is NC1=N[C@](CF)(c2cc([N+](=O)[O-])cc(F)c2F)C2C[C@H]2O1. The number of rotatable bonds is 3. The molecule has 2 N–H and O–H groups in total. The summed E-state index contributed by atoms with van der Waals surface area (Å²) in [6, 6.07) is 0.912. The molecule has 0 saturated heterocycles. The number of nitro benzene ring substituents is 1. The molecule has 1 heterocycles. The highest BCUT2D eigenvalue weighted by Gasteiger charge is 2.60. The lowest BCUT2D eigenvalue weighted by Crippen LogP contribution is -2.40. The van der Waals surface area contributed by atoms with Gasteiger partial charge in [-0.2, -0.15) is 0 Å². The summed E-state index contributed by atoms with van der Waals surface area (Å²) in [6.45, 7) is -1.16. The largest absolute Gasteiger partial charge is 0.462 e. The minimum Gasteiger partial charge on any atom is -0.462 e. The number of ether oxygens (including phenoxy) is 1. The molecular weight excluding hydrogens is 291 g/mol. The van der Waals surface area contributed by atoms with Crippen LogP contribution in [0.15, 0.2) is 17.1 Å². The van der Waals surface area contributed by atoms with Gasteiger partial charge in [0.15, 0.2) is 11.6 Å². The zero-order chi connectivity index (χ0) is 15.4. The highest BCUT2D eigenvalue weighted by Crippen LogP contribution is 2.54. The van der Waals surface area contributed by atoms with E-state index in [0.29, 0.717) is 12.5 Å². The zero-order valence-electron chi connectivity index (χ0n) is 10.6. The van der Waals surface area contributed by atoms with Gasteiger partial charge in [-0.15, -0.1) is 0 Å². The third-order valence-electron chi connectivity index (χ3n) is 3.82. The van der Waals surface area contributed by atoms with Gasteiger partial charge in [0.2, 0.25) is 0 Å². The second-order valence-corrected chi connectivity index (χ2v) is 5.05. The molecule has 0 spiro atoms. The Bertz CT molecular complexity index is 667. The van der Waals surface area contributed by atoms with Crippen LogP contribution >= 0.6 is 0 Å². The summed E-state index contributed by atoms with van der Waals surface area (Å²) in [5.41, 5.74) is 2.49. The van der Waals surface area contributed by atoms with E-state index in [0.717, 1.165) is 6.07 Å². The van der Waals surface area contributed by atoms with Crippen LogP contribution in [-0.4, -0.2) is 23.7 Å². The molecule has 1 aliphatic carbocycles. The number of nitrogens with zero attached hydrogens (tertiary/aromatic N) is 2. The summed E-state index contributed by atoms with van der Waals surface area (Å²) >= 11 is 0. The molecule has 1 unspecified atom stereocenters. The molecular formula is C12H10F3N3O3. The number of fused-ring (bicyclic) bond motifs is 1. The topological polar surface area (TPSA) is 90.8 Å². The minimum absolute atomic E-state index is 0.335. The molecule has 112 valence electrons. The summed E-state index contributed by atoms with van der Waals surface area (Å²) in [5.74, 6) is -3.31. The fourth-order valence-electron chi connectivity index (χ4n) is 2.72. The Balaban J connectivity index is 2.22. The third kappa shape index (κ3) is 1.91. The first-order chi connectivity index (χ1) is 9.89. The van der Waals surface area contributed by atoms with Gasteiger partial charge in [0, 0.05) is 17.5 Å². The first kappa shape index (κ1) is 13.7. The first-order valence-electron chi connectivity index (χ1n) is 6.11. The number of amidine groups is 1. The Kier molecular flexibility index (Phi) is 2.82. The van der Waals surface area contributed by atoms with Crippen molar-refractivity contribution in [3.63, 3.8) is 0 Å². The van der Waals surface area contributed by atoms with Crippen molar-refractivity contribution in [3.05, 3.63) is 39.4 Å². The Morgan fingerprint density at radius 2 is 2.24 bits per heavy atom. The molecule has 0 amide bonds. The van der Waals surface area contributed by atoms with Crippen molar-refractivity contribution >= 4 is 11.7 Å². The van der Waals surface area contributed by atoms with E-state index in [1.54, 1.807) is 0 Å². The van der Waals surface area contributed by atoms with Crippen molar-refractivity contribution in [1.29, 1.82) is 0 Å². The first-order valence-corrected chi connectivity index (χ1v) is 6.11. The van der Waals surface area contributed by atoms with Crippen molar-refractivity contribution in [2.24, 2.45) is 16.6 Å². The molecule has 1 aromatic carbocycles. The Labute approximate surface area is 116 Å². The highest BCUT2D eigenvalue weighted by atomic mass is 19.2. The number of non-ortho nitro benzene ring substituents is 1. The van der Waals surface area contributed by atoms with E-state index >= 15 is 0 Å². The molecule has 3 atom stereocenters. The van der Waals surface area contributed by atoms with Crippen LogP contribution in [0.1, 0.15) is 12.0 Å². The molecule has 2 aliphatic rings. The van der Waals surface area contributed by atoms with E-state index in [9.17, 15) is 23.3 Å². The molecule has 1 fully saturated rings. The molecule has 1 aromatic rings. The summed E-state index contributed by atoms with van der Waals surface area (Å²) in [7, 11) is 0. The number of nitro groups is 1. The second-order valence-electron chi connectivity index (χ2n) is 5.05. The summed E-state index contributed by atoms with van der Waals surface area (Å²) in [6.07, 6.45) is -0.0577. The summed E-state index contributed by atoms with van der Waals surface area (Å²) in [4.78, 5) is 13.7. The fourth-order valence-corrected chi connectivity index (χ4v) is 2.72. The second kappa shape index (κ2) is 4.34. The number of hydrogen-bond donors (Lipinski definition) is 1. The molecule has 1 aliphatic heterocycles. The van der Waals surface area contributed by atoms with Crippen LogP contribution in [0.2, 0.25) is 0 Å². The van der Waals surface area contributed by atoms with Gasteiger partial charge in [0.1, 0.15) is 18.3 Å². The highest BCUT2D eigenvalue weighted by molar-refractivity contribution is 5.74. The van der Waals surface area contributed by atoms with Crippen molar-refractivity contribution in [2.45, 2.75) is 18.1 Å². The maximum absolute atomic E-state index is 14.1. The third-order valence-corrected chi connectivity index (χ3v) is 3.82. The van der Waals surface area contributed by atoms with Crippen LogP contribution < -0.4 is 5.73 Å². The molecule has 21 heavy (non-hydrogen) atoms. The Morgan fingerprint density at radius 3 is 2.86 bits per heavy atom. The monoisotopic (exact) mass is 301 g/mol. The normalized spacial score (nSPS) is 30.1. The molecule has 1 saturated carbocycles. The number of alkyl halides is 1. The molecule has 6 nitrogen and oxygen atoms in total. The van der Waals surface area contributed by atoms with Crippen molar-refractivity contribution in [1.82, 2.24) is 0 Å². The zero-order valence-corrected chi connectivity index (χ0v) is 10.6. The van der Waals surface area contributed by atoms with E-state index in [2.05, 4.69) is 4.99 Å². The van der Waals surface area contributed by atoms with Gasteiger partial charge >= 0.3 is 0 Å². The number of nitrogens with two attached hydrogens (primary N) is 1. The quantitative estimate of drug-likeness (QED) is 0.680. The average molecular weight is 301 g/mol. The predicted molar refractivity (Wildman–Crippen MR) is 65.3 cm³/mol. The number of hydrogen-bond acceptors (Lipinski definition) is 5. The van der Waals surface area contributed by atoms with Gasteiger partial charge in [-0.05, 0) is 6.42 Å². The average Bonchev–Trinajstić information content (AvgIpc) is 3.19. The standard InChI is InChI=1S/C12H10F3N3O3/c13-4-12(6-3-9(6)21-11(16)17-12)7-1-5(18(19)20)2-8(14)10(7)15/h1-2,6,9H,3-4H2,(H2,16,17)/t6?,9-,12+/m1/s1. The lowest BCUT2D eigenvalue weighted by molar-refractivity contribution is -0.385. The van der Waals surface area contributed by atoms with Crippen molar-refractivity contribution < 1.29 is 22.8 Å². The number of aliphatic imine (C=N–C) groups is 1. The summed E-state index contributed by atoms with van der Waals surface area (Å²) < 4.78 is 46.4. The smallest absolute Gasteiger partial charge is 0.283 e. The molecule has 9 heteroatoms. The van der Waals surface area contributed by atoms with Gasteiger partial charge in [0.25, 0.3) is 11.7 Å². The van der Waals surface area contributed by atoms with Crippen molar-refractivity contribution in [3.8, 4) is 0 Å². The van der Waals surface area contributed by atoms with E-state index < -0.39 is 52.0 Å². The van der Waals surface area contributed by atoms with Crippen molar-refractivity contribution in [2.75, 3.05) is 6.67 Å². The maximum atomic E-state index is 14.1. The van der Waals surface area contributed by atoms with Crippen LogP contribution in [0.25, 0.3) is 0 Å². The van der Waals surface area contributed by atoms with E-state index in [1.165, 1.54) is 0 Å². The lowest BCUT2D eigenvalue weighted by Gasteiger charge is -2.31. The van der Waals surface area contributed by atoms with Crippen LogP contribution in [0.4, 0.5) is 18.9 Å². The van der Waals surface area contributed by atoms with E-state index in [1.807, 2.05) is 0 Å². The molecule has 0 radical (unpaired) electrons. The molecule has 3 rings (SSSR count). The predicted octanol–water partition coefficient (Wildman–Crippen LogP) is 1.77. The molecule has 0 bridgehead atoms. The van der Waals surface area contributed by atoms with Gasteiger partial charge in [0.05, 0.1) is 11.0 Å². The lowest BCUT2D eigenvalue weighted by atomic mass is 9.85. The van der Waals surface area contributed by atoms with Crippen LogP contribution in [0.5, 0.6) is 0 Å². The van der Waals surface area contributed by atoms with Gasteiger partial charge < -0.3 is 10.5 Å². The van der Waals surface area contributed by atoms with Crippen LogP contribution in [0.3, 0.4) is 0 Å². The van der Waals surface area contributed by atoms with E-state index in [-0.39, 0.29) is 6.02 Å². The summed E-state index contributed by atoms with van der Waals surface area (Å²) in [5, 5.41) is 10.8. The maximum Gasteiger partial charge on any atom is 0.283 e. The van der Waals surface area contributed by atoms with E-state index in [4.69, 9.17) is 10.5 Å². The minimum atomic E-state index is -1.77. The van der Waals surface area contributed by atoms with Gasteiger partial charge in [-0.3, -0.25) is 10.1 Å². The van der Waals surface area contributed by atoms with Gasteiger partial charge in [-0.25, -0.2) is 18.2 Å².